The van der Waals surface area contributed by atoms with Crippen molar-refractivity contribution in [2.75, 3.05) is 26.2 Å². The van der Waals surface area contributed by atoms with Gasteiger partial charge < -0.3 is 16.0 Å². The molecule has 1 unspecified atom stereocenters. The summed E-state index contributed by atoms with van der Waals surface area (Å²) in [6.07, 6.45) is 1.17. The summed E-state index contributed by atoms with van der Waals surface area (Å²) in [7, 11) is 0. The molecule has 0 aromatic heterocycles. The number of hydrogen-bond acceptors (Lipinski definition) is 3. The largest absolute Gasteiger partial charge is 0.354 e. The molecule has 0 radical (unpaired) electrons. The third-order valence-electron chi connectivity index (χ3n) is 3.12. The first-order valence-electron chi connectivity index (χ1n) is 6.59. The summed E-state index contributed by atoms with van der Waals surface area (Å²) in [5.41, 5.74) is 5.81. The van der Waals surface area contributed by atoms with Gasteiger partial charge in [-0.25, -0.2) is 0 Å². The lowest BCUT2D eigenvalue weighted by molar-refractivity contribution is -0.136. The first-order chi connectivity index (χ1) is 8.33. The first kappa shape index (κ1) is 15.0. The molecule has 0 aromatic rings. The van der Waals surface area contributed by atoms with Crippen LogP contribution in [-0.4, -0.2) is 42.9 Å². The lowest BCUT2D eigenvalue weighted by Crippen LogP contribution is -2.42. The van der Waals surface area contributed by atoms with E-state index in [1.165, 1.54) is 0 Å². The molecule has 0 saturated carbocycles. The van der Waals surface area contributed by atoms with Crippen LogP contribution < -0.4 is 11.1 Å². The van der Waals surface area contributed by atoms with Gasteiger partial charge >= 0.3 is 0 Å². The second-order valence-electron chi connectivity index (χ2n) is 6.12. The zero-order valence-corrected chi connectivity index (χ0v) is 11.7. The summed E-state index contributed by atoms with van der Waals surface area (Å²) < 4.78 is 0. The minimum Gasteiger partial charge on any atom is -0.354 e. The number of amides is 2. The van der Waals surface area contributed by atoms with Gasteiger partial charge in [0.25, 0.3) is 0 Å². The molecule has 5 heteroatoms. The quantitative estimate of drug-likeness (QED) is 0.764. The van der Waals surface area contributed by atoms with Crippen molar-refractivity contribution >= 4 is 11.8 Å². The van der Waals surface area contributed by atoms with Crippen LogP contribution in [0.15, 0.2) is 0 Å². The van der Waals surface area contributed by atoms with Crippen molar-refractivity contribution in [3.63, 3.8) is 0 Å². The van der Waals surface area contributed by atoms with Gasteiger partial charge in [-0.3, -0.25) is 9.59 Å². The molecule has 1 saturated heterocycles. The molecule has 0 spiro atoms. The number of nitrogens with two attached hydrogens (primary N) is 1. The van der Waals surface area contributed by atoms with Crippen molar-refractivity contribution in [1.82, 2.24) is 10.2 Å². The SMILES string of the molecule is CC(C)(C)CC(CN)C(=O)N1CCNC(=O)CC1. The van der Waals surface area contributed by atoms with Gasteiger partial charge in [0.15, 0.2) is 0 Å². The third kappa shape index (κ3) is 4.64. The van der Waals surface area contributed by atoms with Crippen LogP contribution in [0, 0.1) is 11.3 Å². The number of nitrogens with zero attached hydrogens (tertiary/aromatic N) is 1. The van der Waals surface area contributed by atoms with Crippen LogP contribution in [0.3, 0.4) is 0 Å². The second-order valence-corrected chi connectivity index (χ2v) is 6.12. The van der Waals surface area contributed by atoms with Crippen LogP contribution in [0.5, 0.6) is 0 Å². The molecule has 18 heavy (non-hydrogen) atoms. The van der Waals surface area contributed by atoms with Crippen molar-refractivity contribution in [2.45, 2.75) is 33.6 Å². The Labute approximate surface area is 109 Å². The molecule has 0 aliphatic carbocycles. The van der Waals surface area contributed by atoms with Crippen LogP contribution in [-0.2, 0) is 9.59 Å². The minimum atomic E-state index is -0.141. The van der Waals surface area contributed by atoms with E-state index in [9.17, 15) is 9.59 Å². The summed E-state index contributed by atoms with van der Waals surface area (Å²) in [6, 6.07) is 0. The van der Waals surface area contributed by atoms with E-state index < -0.39 is 0 Å². The topological polar surface area (TPSA) is 75.4 Å². The molecule has 1 heterocycles. The molecule has 0 bridgehead atoms. The molecule has 5 nitrogen and oxygen atoms in total. The van der Waals surface area contributed by atoms with E-state index in [2.05, 4.69) is 26.1 Å². The summed E-state index contributed by atoms with van der Waals surface area (Å²) in [5.74, 6) is -0.0347. The smallest absolute Gasteiger partial charge is 0.227 e. The van der Waals surface area contributed by atoms with Crippen molar-refractivity contribution in [2.24, 2.45) is 17.1 Å². The second kappa shape index (κ2) is 6.18. The monoisotopic (exact) mass is 255 g/mol. The molecular formula is C13H25N3O2. The predicted molar refractivity (Wildman–Crippen MR) is 70.8 cm³/mol. The Hall–Kier alpha value is -1.10. The first-order valence-corrected chi connectivity index (χ1v) is 6.59. The van der Waals surface area contributed by atoms with E-state index in [-0.39, 0.29) is 23.1 Å². The highest BCUT2D eigenvalue weighted by Gasteiger charge is 2.28. The molecule has 2 amide bonds. The van der Waals surface area contributed by atoms with Crippen molar-refractivity contribution < 1.29 is 9.59 Å². The molecule has 1 rings (SSSR count). The lowest BCUT2D eigenvalue weighted by atomic mass is 9.84. The van der Waals surface area contributed by atoms with Gasteiger partial charge in [-0.2, -0.15) is 0 Å². The highest BCUT2D eigenvalue weighted by molar-refractivity contribution is 5.81. The number of carbonyl (C=O) groups excluding carboxylic acids is 2. The van der Waals surface area contributed by atoms with Crippen LogP contribution >= 0.6 is 0 Å². The molecule has 104 valence electrons. The van der Waals surface area contributed by atoms with E-state index >= 15 is 0 Å². The fraction of sp³-hybridized carbons (Fsp3) is 0.846. The Balaban J connectivity index is 2.62. The van der Waals surface area contributed by atoms with E-state index in [4.69, 9.17) is 5.73 Å². The molecular weight excluding hydrogens is 230 g/mol. The Morgan fingerprint density at radius 2 is 2.11 bits per heavy atom. The maximum Gasteiger partial charge on any atom is 0.227 e. The fourth-order valence-electron chi connectivity index (χ4n) is 2.26. The van der Waals surface area contributed by atoms with Gasteiger partial charge in [-0.1, -0.05) is 20.8 Å². The van der Waals surface area contributed by atoms with Crippen molar-refractivity contribution in [3.05, 3.63) is 0 Å². The molecule has 3 N–H and O–H groups in total. The Kier molecular flexibility index (Phi) is 5.14. The van der Waals surface area contributed by atoms with Gasteiger partial charge in [0.1, 0.15) is 0 Å². The van der Waals surface area contributed by atoms with Gasteiger partial charge in [0.2, 0.25) is 11.8 Å². The molecule has 0 aromatic carbocycles. The van der Waals surface area contributed by atoms with E-state index in [1.807, 2.05) is 0 Å². The van der Waals surface area contributed by atoms with Gasteiger partial charge in [0.05, 0.1) is 5.92 Å². The minimum absolute atomic E-state index is 0.0189. The molecule has 1 aliphatic rings. The Bertz CT molecular complexity index is 310. The van der Waals surface area contributed by atoms with Crippen LogP contribution in [0.2, 0.25) is 0 Å². The van der Waals surface area contributed by atoms with Crippen LogP contribution in [0.1, 0.15) is 33.6 Å². The van der Waals surface area contributed by atoms with Gasteiger partial charge in [-0.15, -0.1) is 0 Å². The number of rotatable bonds is 3. The maximum absolute atomic E-state index is 12.4. The number of hydrogen-bond donors (Lipinski definition) is 2. The highest BCUT2D eigenvalue weighted by Crippen LogP contribution is 2.25. The predicted octanol–water partition coefficient (Wildman–Crippen LogP) is 0.346. The summed E-state index contributed by atoms with van der Waals surface area (Å²) >= 11 is 0. The zero-order chi connectivity index (χ0) is 13.8. The summed E-state index contributed by atoms with van der Waals surface area (Å²) in [4.78, 5) is 25.4. The fourth-order valence-corrected chi connectivity index (χ4v) is 2.26. The normalized spacial score (nSPS) is 19.1. The van der Waals surface area contributed by atoms with Crippen LogP contribution in [0.25, 0.3) is 0 Å². The highest BCUT2D eigenvalue weighted by atomic mass is 16.2. The van der Waals surface area contributed by atoms with Crippen molar-refractivity contribution in [1.29, 1.82) is 0 Å². The Morgan fingerprint density at radius 3 is 2.67 bits per heavy atom. The van der Waals surface area contributed by atoms with E-state index in [0.29, 0.717) is 32.6 Å². The average Bonchev–Trinajstić information content (AvgIpc) is 2.49. The maximum atomic E-state index is 12.4. The van der Waals surface area contributed by atoms with E-state index in [1.54, 1.807) is 4.90 Å². The summed E-state index contributed by atoms with van der Waals surface area (Å²) in [6.45, 7) is 8.32. The molecule has 1 aliphatic heterocycles. The Morgan fingerprint density at radius 1 is 1.44 bits per heavy atom. The van der Waals surface area contributed by atoms with Gasteiger partial charge in [-0.05, 0) is 11.8 Å². The molecule has 1 atom stereocenters. The average molecular weight is 255 g/mol. The number of nitrogens with one attached hydrogen (secondary N) is 1. The molecule has 1 fully saturated rings. The zero-order valence-electron chi connectivity index (χ0n) is 11.7. The number of carbonyl (C=O) groups is 2. The lowest BCUT2D eigenvalue weighted by Gasteiger charge is -2.29. The summed E-state index contributed by atoms with van der Waals surface area (Å²) in [5, 5.41) is 2.77. The van der Waals surface area contributed by atoms with Crippen molar-refractivity contribution in [3.8, 4) is 0 Å². The van der Waals surface area contributed by atoms with Gasteiger partial charge in [0, 0.05) is 32.6 Å². The standard InChI is InChI=1S/C13H25N3O2/c1-13(2,3)8-10(9-14)12(18)16-6-4-11(17)15-5-7-16/h10H,4-9,14H2,1-3H3,(H,15,17). The van der Waals surface area contributed by atoms with Crippen LogP contribution in [0.4, 0.5) is 0 Å². The van der Waals surface area contributed by atoms with E-state index in [0.717, 1.165) is 6.42 Å². The third-order valence-corrected chi connectivity index (χ3v) is 3.12.